The number of halogens is 1. The summed E-state index contributed by atoms with van der Waals surface area (Å²) in [5, 5.41) is 12.3. The van der Waals surface area contributed by atoms with Gasteiger partial charge in [-0.3, -0.25) is 9.59 Å². The quantitative estimate of drug-likeness (QED) is 0.923. The highest BCUT2D eigenvalue weighted by Gasteiger charge is 2.35. The maximum atomic E-state index is 12.3. The molecule has 0 spiro atoms. The highest BCUT2D eigenvalue weighted by atomic mass is 35.5. The van der Waals surface area contributed by atoms with Gasteiger partial charge in [-0.2, -0.15) is 0 Å². The Kier molecular flexibility index (Phi) is 4.32. The van der Waals surface area contributed by atoms with Crippen LogP contribution in [0.2, 0.25) is 5.02 Å². The molecular formula is C15H15ClN4O2S. The van der Waals surface area contributed by atoms with Crippen LogP contribution in [-0.4, -0.2) is 28.6 Å². The summed E-state index contributed by atoms with van der Waals surface area (Å²) in [5.41, 5.74) is 1.66. The number of carbonyl (C=O) groups is 2. The number of carbonyl (C=O) groups excluding carboxylic acids is 2. The molecular weight excluding hydrogens is 336 g/mol. The molecule has 0 bridgehead atoms. The molecule has 0 aliphatic carbocycles. The van der Waals surface area contributed by atoms with E-state index in [9.17, 15) is 9.59 Å². The first-order valence-electron chi connectivity index (χ1n) is 7.11. The lowest BCUT2D eigenvalue weighted by Gasteiger charge is -2.17. The van der Waals surface area contributed by atoms with Gasteiger partial charge in [-0.1, -0.05) is 29.0 Å². The van der Waals surface area contributed by atoms with Crippen LogP contribution in [-0.2, 0) is 9.59 Å². The Bertz CT molecular complexity index is 777. The van der Waals surface area contributed by atoms with E-state index in [-0.39, 0.29) is 18.2 Å². The first kappa shape index (κ1) is 15.9. The molecule has 1 aromatic heterocycles. The largest absolute Gasteiger partial charge is 0.312 e. The molecule has 0 radical (unpaired) electrons. The molecule has 0 unspecified atom stereocenters. The predicted octanol–water partition coefficient (Wildman–Crippen LogP) is 2.80. The van der Waals surface area contributed by atoms with Crippen LogP contribution in [0.3, 0.4) is 0 Å². The van der Waals surface area contributed by atoms with Crippen LogP contribution in [0.1, 0.15) is 17.0 Å². The lowest BCUT2D eigenvalue weighted by molar-refractivity contribution is -0.122. The van der Waals surface area contributed by atoms with E-state index < -0.39 is 5.92 Å². The zero-order chi connectivity index (χ0) is 16.6. The third-order valence-corrected chi connectivity index (χ3v) is 4.88. The fourth-order valence-electron chi connectivity index (χ4n) is 2.44. The third-order valence-electron chi connectivity index (χ3n) is 3.72. The lowest BCUT2D eigenvalue weighted by atomic mass is 10.1. The van der Waals surface area contributed by atoms with Crippen molar-refractivity contribution >= 4 is 45.6 Å². The van der Waals surface area contributed by atoms with Crippen LogP contribution in [0, 0.1) is 19.8 Å². The van der Waals surface area contributed by atoms with E-state index in [1.54, 1.807) is 11.0 Å². The van der Waals surface area contributed by atoms with Crippen molar-refractivity contribution in [2.45, 2.75) is 20.3 Å². The fraction of sp³-hybridized carbons (Fsp3) is 0.333. The van der Waals surface area contributed by atoms with Gasteiger partial charge in [-0.25, -0.2) is 0 Å². The van der Waals surface area contributed by atoms with Gasteiger partial charge in [0.2, 0.25) is 16.9 Å². The monoisotopic (exact) mass is 350 g/mol. The Labute approximate surface area is 142 Å². The molecule has 3 rings (SSSR count). The van der Waals surface area contributed by atoms with Gasteiger partial charge in [0.25, 0.3) is 0 Å². The van der Waals surface area contributed by atoms with Crippen molar-refractivity contribution in [1.29, 1.82) is 0 Å². The Hall–Kier alpha value is -1.99. The second kappa shape index (κ2) is 6.25. The second-order valence-electron chi connectivity index (χ2n) is 5.45. The summed E-state index contributed by atoms with van der Waals surface area (Å²) in [7, 11) is 0. The second-order valence-corrected chi connectivity index (χ2v) is 7.04. The number of aromatic nitrogens is 2. The normalized spacial score (nSPS) is 17.6. The Morgan fingerprint density at radius 1 is 1.39 bits per heavy atom. The molecule has 23 heavy (non-hydrogen) atoms. The smallest absolute Gasteiger partial charge is 0.231 e. The first-order valence-corrected chi connectivity index (χ1v) is 8.31. The van der Waals surface area contributed by atoms with Crippen LogP contribution in [0.25, 0.3) is 0 Å². The van der Waals surface area contributed by atoms with E-state index in [2.05, 4.69) is 15.5 Å². The molecule has 2 aromatic rings. The number of aryl methyl sites for hydroxylation is 2. The summed E-state index contributed by atoms with van der Waals surface area (Å²) >= 11 is 7.42. The van der Waals surface area contributed by atoms with Crippen LogP contribution in [0.4, 0.5) is 10.8 Å². The van der Waals surface area contributed by atoms with Gasteiger partial charge in [0.15, 0.2) is 0 Å². The molecule has 1 aliphatic rings. The van der Waals surface area contributed by atoms with Crippen LogP contribution < -0.4 is 10.2 Å². The van der Waals surface area contributed by atoms with Gasteiger partial charge < -0.3 is 10.2 Å². The van der Waals surface area contributed by atoms with Crippen molar-refractivity contribution in [3.63, 3.8) is 0 Å². The van der Waals surface area contributed by atoms with Crippen molar-refractivity contribution in [2.75, 3.05) is 16.8 Å². The van der Waals surface area contributed by atoms with Crippen LogP contribution in [0.5, 0.6) is 0 Å². The Morgan fingerprint density at radius 3 is 2.83 bits per heavy atom. The van der Waals surface area contributed by atoms with E-state index >= 15 is 0 Å². The van der Waals surface area contributed by atoms with Crippen molar-refractivity contribution in [3.8, 4) is 0 Å². The molecule has 1 aromatic carbocycles. The summed E-state index contributed by atoms with van der Waals surface area (Å²) in [4.78, 5) is 26.1. The topological polar surface area (TPSA) is 75.2 Å². The SMILES string of the molecule is Cc1nnc(NC(=O)[C@H]2CC(=O)N(c3ccc(C)c(Cl)c3)C2)s1. The Balaban J connectivity index is 1.71. The highest BCUT2D eigenvalue weighted by Crippen LogP contribution is 2.29. The number of hydrogen-bond acceptors (Lipinski definition) is 5. The van der Waals surface area contributed by atoms with E-state index in [0.717, 1.165) is 10.6 Å². The maximum absolute atomic E-state index is 12.3. The number of rotatable bonds is 3. The van der Waals surface area contributed by atoms with Crippen molar-refractivity contribution in [3.05, 3.63) is 33.8 Å². The van der Waals surface area contributed by atoms with Gasteiger partial charge in [-0.05, 0) is 31.5 Å². The molecule has 1 fully saturated rings. The van der Waals surface area contributed by atoms with Crippen LogP contribution >= 0.6 is 22.9 Å². The highest BCUT2D eigenvalue weighted by molar-refractivity contribution is 7.15. The van der Waals surface area contributed by atoms with Gasteiger partial charge in [0.05, 0.1) is 5.92 Å². The van der Waals surface area contributed by atoms with E-state index in [0.29, 0.717) is 22.4 Å². The third kappa shape index (κ3) is 3.35. The molecule has 6 nitrogen and oxygen atoms in total. The number of nitrogens with zero attached hydrogens (tertiary/aromatic N) is 3. The van der Waals surface area contributed by atoms with E-state index in [1.807, 2.05) is 26.0 Å². The number of amides is 2. The van der Waals surface area contributed by atoms with Crippen LogP contribution in [0.15, 0.2) is 18.2 Å². The molecule has 0 saturated carbocycles. The average Bonchev–Trinajstić information content (AvgIpc) is 3.08. The predicted molar refractivity (Wildman–Crippen MR) is 89.9 cm³/mol. The van der Waals surface area contributed by atoms with E-state index in [4.69, 9.17) is 11.6 Å². The summed E-state index contributed by atoms with van der Waals surface area (Å²) in [6.07, 6.45) is 0.176. The minimum Gasteiger partial charge on any atom is -0.312 e. The molecule has 8 heteroatoms. The lowest BCUT2D eigenvalue weighted by Crippen LogP contribution is -2.28. The molecule has 1 saturated heterocycles. The van der Waals surface area contributed by atoms with Gasteiger partial charge in [-0.15, -0.1) is 10.2 Å². The molecule has 1 N–H and O–H groups in total. The summed E-state index contributed by atoms with van der Waals surface area (Å²) in [5.74, 6) is -0.708. The number of benzene rings is 1. The molecule has 2 heterocycles. The Morgan fingerprint density at radius 2 is 2.17 bits per heavy atom. The average molecular weight is 351 g/mol. The number of hydrogen-bond donors (Lipinski definition) is 1. The first-order chi connectivity index (χ1) is 10.9. The number of nitrogens with one attached hydrogen (secondary N) is 1. The number of anilines is 2. The van der Waals surface area contributed by atoms with Crippen molar-refractivity contribution in [1.82, 2.24) is 10.2 Å². The van der Waals surface area contributed by atoms with Gasteiger partial charge in [0.1, 0.15) is 5.01 Å². The van der Waals surface area contributed by atoms with Gasteiger partial charge >= 0.3 is 0 Å². The summed E-state index contributed by atoms with van der Waals surface area (Å²) < 4.78 is 0. The minimum atomic E-state index is -0.410. The van der Waals surface area contributed by atoms with E-state index in [1.165, 1.54) is 11.3 Å². The maximum Gasteiger partial charge on any atom is 0.231 e. The molecule has 1 atom stereocenters. The summed E-state index contributed by atoms with van der Waals surface area (Å²) in [6.45, 7) is 4.05. The van der Waals surface area contributed by atoms with Crippen molar-refractivity contribution in [2.24, 2.45) is 5.92 Å². The summed E-state index contributed by atoms with van der Waals surface area (Å²) in [6, 6.07) is 5.46. The standard InChI is InChI=1S/C15H15ClN4O2S/c1-8-3-4-11(6-12(8)16)20-7-10(5-13(20)21)14(22)17-15-19-18-9(2)23-15/h3-4,6,10H,5,7H2,1-2H3,(H,17,19,22)/t10-/m0/s1. The fourth-order valence-corrected chi connectivity index (χ4v) is 3.21. The molecule has 120 valence electrons. The van der Waals surface area contributed by atoms with Gasteiger partial charge in [0, 0.05) is 23.7 Å². The zero-order valence-corrected chi connectivity index (χ0v) is 14.2. The zero-order valence-electron chi connectivity index (χ0n) is 12.7. The molecule has 2 amide bonds. The minimum absolute atomic E-state index is 0.0847. The molecule has 1 aliphatic heterocycles. The van der Waals surface area contributed by atoms with Crippen molar-refractivity contribution < 1.29 is 9.59 Å².